The molecule has 18 heavy (non-hydrogen) atoms. The highest BCUT2D eigenvalue weighted by atomic mass is 32.2. The van der Waals surface area contributed by atoms with Gasteiger partial charge in [-0.25, -0.2) is 0 Å². The minimum atomic E-state index is -0.359. The minimum Gasteiger partial charge on any atom is -0.354 e. The van der Waals surface area contributed by atoms with E-state index in [0.717, 1.165) is 17.7 Å². The van der Waals surface area contributed by atoms with Crippen LogP contribution in [0.4, 0.5) is 0 Å². The predicted molar refractivity (Wildman–Crippen MR) is 71.3 cm³/mol. The number of hydrogen-bond donors (Lipinski definition) is 2. The second kappa shape index (κ2) is 6.44. The summed E-state index contributed by atoms with van der Waals surface area (Å²) < 4.78 is 0. The van der Waals surface area contributed by atoms with E-state index in [0.29, 0.717) is 12.3 Å². The van der Waals surface area contributed by atoms with Gasteiger partial charge in [0, 0.05) is 11.4 Å². The topological polar surface area (TPSA) is 58.2 Å². The molecule has 1 saturated heterocycles. The molecular formula is C13H16N2O2S. The summed E-state index contributed by atoms with van der Waals surface area (Å²) in [5.41, 5.74) is 0. The van der Waals surface area contributed by atoms with Gasteiger partial charge in [-0.2, -0.15) is 0 Å². The van der Waals surface area contributed by atoms with Gasteiger partial charge in [0.15, 0.2) is 0 Å². The number of thioether (sulfide) groups is 1. The Morgan fingerprint density at radius 3 is 2.89 bits per heavy atom. The number of carbonyl (C=O) groups is 2. The van der Waals surface area contributed by atoms with Crippen molar-refractivity contribution in [2.75, 3.05) is 12.3 Å². The zero-order valence-corrected chi connectivity index (χ0v) is 10.8. The molecule has 0 aromatic heterocycles. The molecule has 1 aliphatic heterocycles. The van der Waals surface area contributed by atoms with Gasteiger partial charge in [0.05, 0.1) is 5.75 Å². The van der Waals surface area contributed by atoms with Crippen molar-refractivity contribution < 1.29 is 9.59 Å². The van der Waals surface area contributed by atoms with E-state index < -0.39 is 0 Å². The van der Waals surface area contributed by atoms with Crippen LogP contribution >= 0.6 is 11.8 Å². The maximum Gasteiger partial charge on any atom is 0.242 e. The lowest BCUT2D eigenvalue weighted by molar-refractivity contribution is -0.129. The number of amides is 2. The Bertz CT molecular complexity index is 422. The molecular weight excluding hydrogens is 248 g/mol. The van der Waals surface area contributed by atoms with Gasteiger partial charge in [-0.1, -0.05) is 18.2 Å². The smallest absolute Gasteiger partial charge is 0.242 e. The van der Waals surface area contributed by atoms with E-state index in [1.807, 2.05) is 30.3 Å². The Hall–Kier alpha value is -1.49. The van der Waals surface area contributed by atoms with Crippen LogP contribution in [-0.4, -0.2) is 30.2 Å². The lowest BCUT2D eigenvalue weighted by Gasteiger charge is -2.22. The van der Waals surface area contributed by atoms with Crippen LogP contribution in [0.1, 0.15) is 12.8 Å². The van der Waals surface area contributed by atoms with Crippen LogP contribution in [0.2, 0.25) is 0 Å². The third kappa shape index (κ3) is 3.77. The molecule has 1 fully saturated rings. The van der Waals surface area contributed by atoms with Crippen molar-refractivity contribution in [1.82, 2.24) is 10.6 Å². The minimum absolute atomic E-state index is 0.0701. The van der Waals surface area contributed by atoms with Crippen LogP contribution in [0, 0.1) is 0 Å². The lowest BCUT2D eigenvalue weighted by Crippen LogP contribution is -2.50. The van der Waals surface area contributed by atoms with Gasteiger partial charge in [0.1, 0.15) is 6.04 Å². The number of carbonyl (C=O) groups excluding carboxylic acids is 2. The zero-order chi connectivity index (χ0) is 12.8. The standard InChI is InChI=1S/C13H16N2O2S/c16-12(9-18-10-5-2-1-3-6-10)15-11-7-4-8-14-13(11)17/h1-3,5-6,11H,4,7-9H2,(H,14,17)(H,15,16). The number of hydrogen-bond acceptors (Lipinski definition) is 3. The number of nitrogens with one attached hydrogen (secondary N) is 2. The van der Waals surface area contributed by atoms with Crippen LogP contribution in [0.5, 0.6) is 0 Å². The van der Waals surface area contributed by atoms with Crippen molar-refractivity contribution in [3.8, 4) is 0 Å². The van der Waals surface area contributed by atoms with E-state index in [2.05, 4.69) is 10.6 Å². The molecule has 1 aromatic carbocycles. The highest BCUT2D eigenvalue weighted by molar-refractivity contribution is 8.00. The molecule has 0 aliphatic carbocycles. The van der Waals surface area contributed by atoms with E-state index >= 15 is 0 Å². The van der Waals surface area contributed by atoms with E-state index in [1.165, 1.54) is 11.8 Å². The average Bonchev–Trinajstić information content (AvgIpc) is 2.40. The molecule has 2 amide bonds. The Morgan fingerprint density at radius 2 is 2.17 bits per heavy atom. The molecule has 1 unspecified atom stereocenters. The summed E-state index contributed by atoms with van der Waals surface area (Å²) in [6.07, 6.45) is 1.65. The fourth-order valence-corrected chi connectivity index (χ4v) is 2.54. The van der Waals surface area contributed by atoms with Gasteiger partial charge in [0.2, 0.25) is 11.8 Å². The third-order valence-corrected chi connectivity index (χ3v) is 3.75. The molecule has 4 nitrogen and oxygen atoms in total. The Balaban J connectivity index is 1.76. The average molecular weight is 264 g/mol. The molecule has 0 radical (unpaired) electrons. The molecule has 0 saturated carbocycles. The summed E-state index contributed by atoms with van der Waals surface area (Å²) in [6.45, 7) is 0.712. The van der Waals surface area contributed by atoms with E-state index in [4.69, 9.17) is 0 Å². The van der Waals surface area contributed by atoms with Crippen molar-refractivity contribution in [2.24, 2.45) is 0 Å². The van der Waals surface area contributed by atoms with Gasteiger partial charge in [-0.15, -0.1) is 11.8 Å². The lowest BCUT2D eigenvalue weighted by atomic mass is 10.1. The van der Waals surface area contributed by atoms with Crippen molar-refractivity contribution in [3.63, 3.8) is 0 Å². The van der Waals surface area contributed by atoms with E-state index in [9.17, 15) is 9.59 Å². The highest BCUT2D eigenvalue weighted by Crippen LogP contribution is 2.16. The van der Waals surface area contributed by atoms with E-state index in [-0.39, 0.29) is 17.9 Å². The first kappa shape index (κ1) is 13.0. The first-order valence-corrected chi connectivity index (χ1v) is 6.99. The Labute approximate surface area is 111 Å². The van der Waals surface area contributed by atoms with Crippen molar-refractivity contribution in [2.45, 2.75) is 23.8 Å². The summed E-state index contributed by atoms with van der Waals surface area (Å²) in [4.78, 5) is 24.2. The summed E-state index contributed by atoms with van der Waals surface area (Å²) >= 11 is 1.47. The maximum atomic E-state index is 11.7. The fourth-order valence-electron chi connectivity index (χ4n) is 1.81. The summed E-state index contributed by atoms with van der Waals surface area (Å²) in [6, 6.07) is 9.39. The molecule has 1 aliphatic rings. The molecule has 1 atom stereocenters. The Morgan fingerprint density at radius 1 is 1.39 bits per heavy atom. The van der Waals surface area contributed by atoms with Crippen LogP contribution in [0.25, 0.3) is 0 Å². The Kier molecular flexibility index (Phi) is 4.64. The quantitative estimate of drug-likeness (QED) is 0.803. The second-order valence-electron chi connectivity index (χ2n) is 4.16. The molecule has 0 bridgehead atoms. The molecule has 1 heterocycles. The first-order chi connectivity index (χ1) is 8.75. The SMILES string of the molecule is O=C(CSc1ccccc1)NC1CCCNC1=O. The van der Waals surface area contributed by atoms with Crippen LogP contribution < -0.4 is 10.6 Å². The van der Waals surface area contributed by atoms with Crippen LogP contribution in [-0.2, 0) is 9.59 Å². The van der Waals surface area contributed by atoms with E-state index in [1.54, 1.807) is 0 Å². The predicted octanol–water partition coefficient (Wildman–Crippen LogP) is 1.17. The summed E-state index contributed by atoms with van der Waals surface area (Å²) in [5.74, 6) is 0.179. The second-order valence-corrected chi connectivity index (χ2v) is 5.20. The third-order valence-electron chi connectivity index (χ3n) is 2.73. The fraction of sp³-hybridized carbons (Fsp3) is 0.385. The molecule has 2 rings (SSSR count). The first-order valence-electron chi connectivity index (χ1n) is 6.00. The molecule has 5 heteroatoms. The molecule has 2 N–H and O–H groups in total. The largest absolute Gasteiger partial charge is 0.354 e. The normalized spacial score (nSPS) is 19.1. The molecule has 0 spiro atoms. The molecule has 1 aromatic rings. The molecule has 96 valence electrons. The van der Waals surface area contributed by atoms with Crippen LogP contribution in [0.15, 0.2) is 35.2 Å². The summed E-state index contributed by atoms with van der Waals surface area (Å²) in [7, 11) is 0. The van der Waals surface area contributed by atoms with Gasteiger partial charge >= 0.3 is 0 Å². The number of rotatable bonds is 4. The van der Waals surface area contributed by atoms with Crippen molar-refractivity contribution in [1.29, 1.82) is 0 Å². The number of piperidine rings is 1. The van der Waals surface area contributed by atoms with Gasteiger partial charge in [0.25, 0.3) is 0 Å². The van der Waals surface area contributed by atoms with Gasteiger partial charge in [-0.05, 0) is 25.0 Å². The zero-order valence-electron chi connectivity index (χ0n) is 10.0. The highest BCUT2D eigenvalue weighted by Gasteiger charge is 2.23. The summed E-state index contributed by atoms with van der Waals surface area (Å²) in [5, 5.41) is 5.52. The van der Waals surface area contributed by atoms with Crippen molar-refractivity contribution in [3.05, 3.63) is 30.3 Å². The monoisotopic (exact) mass is 264 g/mol. The van der Waals surface area contributed by atoms with Gasteiger partial charge in [-0.3, -0.25) is 9.59 Å². The number of benzene rings is 1. The maximum absolute atomic E-state index is 11.7. The van der Waals surface area contributed by atoms with Crippen LogP contribution in [0.3, 0.4) is 0 Å². The van der Waals surface area contributed by atoms with Gasteiger partial charge < -0.3 is 10.6 Å². The van der Waals surface area contributed by atoms with Crippen molar-refractivity contribution >= 4 is 23.6 Å².